The molecule has 0 heterocycles. The van der Waals surface area contributed by atoms with Crippen LogP contribution in [0.15, 0.2) is 0 Å². The average Bonchev–Trinajstić information content (AvgIpc) is 2.17. The van der Waals surface area contributed by atoms with E-state index in [4.69, 9.17) is 4.74 Å². The average molecular weight is 185 g/mol. The molecule has 0 rings (SSSR count). The Morgan fingerprint density at radius 2 is 2.15 bits per heavy atom. The van der Waals surface area contributed by atoms with Gasteiger partial charge in [0.2, 0.25) is 0 Å². The molecular weight excluding hydrogens is 164 g/mol. The van der Waals surface area contributed by atoms with Gasteiger partial charge < -0.3 is 9.53 Å². The van der Waals surface area contributed by atoms with Crippen molar-refractivity contribution in [2.75, 3.05) is 6.61 Å². The zero-order valence-corrected chi connectivity index (χ0v) is 8.79. The second-order valence-corrected chi connectivity index (χ2v) is 3.27. The minimum Gasteiger partial charge on any atom is -0.378 e. The first kappa shape index (κ1) is 12.6. The Morgan fingerprint density at radius 3 is 2.54 bits per heavy atom. The van der Waals surface area contributed by atoms with Gasteiger partial charge in [-0.2, -0.15) is 0 Å². The van der Waals surface area contributed by atoms with E-state index in [0.29, 0.717) is 12.3 Å². The van der Waals surface area contributed by atoms with Crippen LogP contribution in [0.5, 0.6) is 0 Å². The van der Waals surface area contributed by atoms with Crippen molar-refractivity contribution in [1.29, 1.82) is 0 Å². The minimum atomic E-state index is 0.162. The smallest absolute Gasteiger partial charge is 0.120 e. The number of rotatable bonds is 8. The van der Waals surface area contributed by atoms with E-state index in [1.807, 2.05) is 0 Å². The lowest BCUT2D eigenvalue weighted by molar-refractivity contribution is -0.110. The summed E-state index contributed by atoms with van der Waals surface area (Å²) in [6.45, 7) is 8.80. The van der Waals surface area contributed by atoms with Crippen LogP contribution in [0.3, 0.4) is 0 Å². The maximum absolute atomic E-state index is 10.4. The predicted octanol–water partition coefficient (Wildman–Crippen LogP) is 2.62. The first-order valence-corrected chi connectivity index (χ1v) is 5.14. The van der Waals surface area contributed by atoms with Gasteiger partial charge >= 0.3 is 0 Å². The molecule has 0 aromatic carbocycles. The van der Waals surface area contributed by atoms with E-state index in [1.165, 1.54) is 0 Å². The summed E-state index contributed by atoms with van der Waals surface area (Å²) in [6.07, 6.45) is 4.50. The quantitative estimate of drug-likeness (QED) is 0.543. The Balaban J connectivity index is 3.91. The molecule has 0 aliphatic carbocycles. The fourth-order valence-corrected chi connectivity index (χ4v) is 1.43. The highest BCUT2D eigenvalue weighted by atomic mass is 16.5. The normalized spacial score (nSPS) is 15.3. The molecule has 0 saturated carbocycles. The van der Waals surface area contributed by atoms with E-state index in [9.17, 15) is 4.79 Å². The van der Waals surface area contributed by atoms with Crippen molar-refractivity contribution >= 4 is 6.29 Å². The summed E-state index contributed by atoms with van der Waals surface area (Å²) in [4.78, 5) is 10.4. The van der Waals surface area contributed by atoms with Gasteiger partial charge in [-0.1, -0.05) is 27.2 Å². The third-order valence-corrected chi connectivity index (χ3v) is 2.27. The Kier molecular flexibility index (Phi) is 8.00. The number of carbonyl (C=O) groups is 1. The summed E-state index contributed by atoms with van der Waals surface area (Å²) in [6, 6.07) is 0. The maximum Gasteiger partial charge on any atom is 0.120 e. The molecule has 2 unspecified atom stereocenters. The third kappa shape index (κ3) is 5.04. The molecule has 0 aromatic heterocycles. The standard InChI is InChI=1S/C11H21O2/c1-4-9-13-11(6-3)10(5-2)7-8-12/h8,10-11H,3-7,9H2,1-2H3. The monoisotopic (exact) mass is 185 g/mol. The van der Waals surface area contributed by atoms with Gasteiger partial charge in [-0.25, -0.2) is 0 Å². The topological polar surface area (TPSA) is 26.3 Å². The van der Waals surface area contributed by atoms with Gasteiger partial charge in [0.25, 0.3) is 0 Å². The molecule has 0 aliphatic rings. The van der Waals surface area contributed by atoms with Gasteiger partial charge in [-0.15, -0.1) is 0 Å². The van der Waals surface area contributed by atoms with Gasteiger partial charge in [0.05, 0.1) is 6.10 Å². The van der Waals surface area contributed by atoms with Crippen LogP contribution in [-0.2, 0) is 9.53 Å². The number of carbonyl (C=O) groups excluding carboxylic acids is 1. The fourth-order valence-electron chi connectivity index (χ4n) is 1.43. The molecule has 0 amide bonds. The first-order valence-electron chi connectivity index (χ1n) is 5.14. The highest BCUT2D eigenvalue weighted by Crippen LogP contribution is 2.18. The summed E-state index contributed by atoms with van der Waals surface area (Å²) in [7, 11) is 0. The molecule has 0 saturated heterocycles. The largest absolute Gasteiger partial charge is 0.378 e. The molecule has 13 heavy (non-hydrogen) atoms. The summed E-state index contributed by atoms with van der Waals surface area (Å²) in [5, 5.41) is 0. The number of aldehydes is 1. The van der Waals surface area contributed by atoms with Crippen LogP contribution >= 0.6 is 0 Å². The summed E-state index contributed by atoms with van der Waals surface area (Å²) < 4.78 is 5.62. The maximum atomic E-state index is 10.4. The van der Waals surface area contributed by atoms with Crippen LogP contribution in [0, 0.1) is 12.8 Å². The summed E-state index contributed by atoms with van der Waals surface area (Å²) in [5.41, 5.74) is 0. The van der Waals surface area contributed by atoms with Crippen molar-refractivity contribution in [3.8, 4) is 0 Å². The molecule has 1 radical (unpaired) electrons. The van der Waals surface area contributed by atoms with Gasteiger partial charge in [0, 0.05) is 13.0 Å². The molecule has 77 valence electrons. The number of hydrogen-bond donors (Lipinski definition) is 0. The molecule has 0 fully saturated rings. The van der Waals surface area contributed by atoms with E-state index in [1.54, 1.807) is 0 Å². The Morgan fingerprint density at radius 1 is 1.46 bits per heavy atom. The van der Waals surface area contributed by atoms with E-state index >= 15 is 0 Å². The van der Waals surface area contributed by atoms with E-state index in [0.717, 1.165) is 32.2 Å². The molecule has 0 N–H and O–H groups in total. The van der Waals surface area contributed by atoms with Crippen LogP contribution < -0.4 is 0 Å². The van der Waals surface area contributed by atoms with Crippen LogP contribution in [0.25, 0.3) is 0 Å². The van der Waals surface area contributed by atoms with Gasteiger partial charge in [0.15, 0.2) is 0 Å². The molecular formula is C11H21O2. The van der Waals surface area contributed by atoms with Crippen LogP contribution in [0.4, 0.5) is 0 Å². The van der Waals surface area contributed by atoms with E-state index < -0.39 is 0 Å². The van der Waals surface area contributed by atoms with Crippen molar-refractivity contribution in [2.24, 2.45) is 5.92 Å². The second-order valence-electron chi connectivity index (χ2n) is 3.27. The summed E-state index contributed by atoms with van der Waals surface area (Å²) >= 11 is 0. The SMILES string of the molecule is [CH2]CC(OCCC)C(CC)CC=O. The van der Waals surface area contributed by atoms with Crippen LogP contribution in [0.1, 0.15) is 39.5 Å². The second kappa shape index (κ2) is 8.24. The van der Waals surface area contributed by atoms with Crippen molar-refractivity contribution in [3.05, 3.63) is 6.92 Å². The van der Waals surface area contributed by atoms with Gasteiger partial charge in [-0.3, -0.25) is 0 Å². The zero-order valence-electron chi connectivity index (χ0n) is 8.79. The lowest BCUT2D eigenvalue weighted by atomic mass is 9.94. The van der Waals surface area contributed by atoms with Crippen molar-refractivity contribution in [1.82, 2.24) is 0 Å². The van der Waals surface area contributed by atoms with E-state index in [-0.39, 0.29) is 6.10 Å². The Bertz CT molecular complexity index is 123. The lowest BCUT2D eigenvalue weighted by Crippen LogP contribution is -2.23. The third-order valence-electron chi connectivity index (χ3n) is 2.27. The van der Waals surface area contributed by atoms with Crippen LogP contribution in [0.2, 0.25) is 0 Å². The summed E-state index contributed by atoms with van der Waals surface area (Å²) in [5.74, 6) is 0.349. The fraction of sp³-hybridized carbons (Fsp3) is 0.818. The molecule has 0 aliphatic heterocycles. The minimum absolute atomic E-state index is 0.162. The number of ether oxygens (including phenoxy) is 1. The molecule has 2 atom stereocenters. The molecule has 0 aromatic rings. The predicted molar refractivity (Wildman–Crippen MR) is 54.5 cm³/mol. The Labute approximate surface area is 81.7 Å². The molecule has 2 heteroatoms. The van der Waals surface area contributed by atoms with Crippen molar-refractivity contribution in [2.45, 2.75) is 45.6 Å². The highest BCUT2D eigenvalue weighted by Gasteiger charge is 2.17. The first-order chi connectivity index (χ1) is 6.29. The number of hydrogen-bond acceptors (Lipinski definition) is 2. The van der Waals surface area contributed by atoms with Crippen LogP contribution in [-0.4, -0.2) is 19.0 Å². The highest BCUT2D eigenvalue weighted by molar-refractivity contribution is 5.49. The Hall–Kier alpha value is -0.370. The molecule has 0 spiro atoms. The lowest BCUT2D eigenvalue weighted by Gasteiger charge is -2.23. The van der Waals surface area contributed by atoms with Crippen molar-refractivity contribution < 1.29 is 9.53 Å². The van der Waals surface area contributed by atoms with Crippen molar-refractivity contribution in [3.63, 3.8) is 0 Å². The van der Waals surface area contributed by atoms with E-state index in [2.05, 4.69) is 20.8 Å². The molecule has 0 bridgehead atoms. The van der Waals surface area contributed by atoms with Gasteiger partial charge in [0.1, 0.15) is 6.29 Å². The zero-order chi connectivity index (χ0) is 10.1. The van der Waals surface area contributed by atoms with Gasteiger partial charge in [-0.05, 0) is 18.8 Å². The molecule has 2 nitrogen and oxygen atoms in total.